The van der Waals surface area contributed by atoms with E-state index in [-0.39, 0.29) is 16.5 Å². The Morgan fingerprint density at radius 2 is 1.91 bits per heavy atom. The fourth-order valence-electron chi connectivity index (χ4n) is 6.93. The fraction of sp³-hybridized carbons (Fsp3) is 0.692. The van der Waals surface area contributed by atoms with Gasteiger partial charge in [0, 0.05) is 47.0 Å². The minimum Gasteiger partial charge on any atom is -0.383 e. The summed E-state index contributed by atoms with van der Waals surface area (Å²) in [7, 11) is 0. The Morgan fingerprint density at radius 1 is 1.12 bits per heavy atom. The average molecular weight is 522 g/mol. The van der Waals surface area contributed by atoms with Crippen molar-refractivity contribution < 1.29 is 0 Å². The minimum atomic E-state index is -0.0685. The third-order valence-corrected chi connectivity index (χ3v) is 9.68. The summed E-state index contributed by atoms with van der Waals surface area (Å²) in [4.78, 5) is 2.46. The molecule has 1 saturated heterocycles. The molecule has 0 radical (unpaired) electrons. The van der Waals surface area contributed by atoms with Gasteiger partial charge in [0.15, 0.2) is 0 Å². The maximum absolute atomic E-state index is 6.90. The van der Waals surface area contributed by atoms with E-state index in [2.05, 4.69) is 82.1 Å². The molecule has 32 heavy (non-hydrogen) atoms. The first-order valence-electron chi connectivity index (χ1n) is 12.4. The molecule has 0 aromatic heterocycles. The first kappa shape index (κ1) is 22.9. The Labute approximate surface area is 207 Å². The van der Waals surface area contributed by atoms with E-state index in [1.165, 1.54) is 35.0 Å². The van der Waals surface area contributed by atoms with Gasteiger partial charge in [0.1, 0.15) is 5.66 Å². The summed E-state index contributed by atoms with van der Waals surface area (Å²) in [6, 6.07) is 0. The van der Waals surface area contributed by atoms with E-state index in [0.29, 0.717) is 11.8 Å². The predicted molar refractivity (Wildman–Crippen MR) is 137 cm³/mol. The molecule has 0 bridgehead atoms. The van der Waals surface area contributed by atoms with Gasteiger partial charge in [-0.15, -0.1) is 11.6 Å². The van der Waals surface area contributed by atoms with Gasteiger partial charge in [-0.2, -0.15) is 0 Å². The monoisotopic (exact) mass is 520 g/mol. The van der Waals surface area contributed by atoms with Crippen molar-refractivity contribution in [2.75, 3.05) is 26.2 Å². The highest BCUT2D eigenvalue weighted by atomic mass is 79.9. The maximum Gasteiger partial charge on any atom is 0.104 e. The Hall–Kier alpha value is -0.910. The van der Waals surface area contributed by atoms with Gasteiger partial charge in [-0.1, -0.05) is 28.9 Å². The van der Waals surface area contributed by atoms with Gasteiger partial charge in [0.05, 0.1) is 0 Å². The first-order valence-corrected chi connectivity index (χ1v) is 13.6. The molecule has 0 spiro atoms. The van der Waals surface area contributed by atoms with Crippen LogP contribution in [0.2, 0.25) is 0 Å². The molecule has 176 valence electrons. The van der Waals surface area contributed by atoms with Crippen LogP contribution >= 0.6 is 27.5 Å². The molecule has 4 unspecified atom stereocenters. The van der Waals surface area contributed by atoms with Crippen LogP contribution in [0.1, 0.15) is 52.9 Å². The second-order valence-electron chi connectivity index (χ2n) is 11.1. The van der Waals surface area contributed by atoms with E-state index >= 15 is 0 Å². The van der Waals surface area contributed by atoms with E-state index in [4.69, 9.17) is 11.6 Å². The van der Waals surface area contributed by atoms with Crippen molar-refractivity contribution in [3.05, 3.63) is 45.9 Å². The largest absolute Gasteiger partial charge is 0.383 e. The van der Waals surface area contributed by atoms with Crippen molar-refractivity contribution in [2.24, 2.45) is 23.2 Å². The zero-order chi connectivity index (χ0) is 22.5. The smallest absolute Gasteiger partial charge is 0.104 e. The lowest BCUT2D eigenvalue weighted by Crippen LogP contribution is -2.50. The summed E-state index contributed by atoms with van der Waals surface area (Å²) in [6.45, 7) is 11.2. The van der Waals surface area contributed by atoms with Crippen LogP contribution in [0.25, 0.3) is 0 Å². The number of rotatable bonds is 3. The number of nitrogens with zero attached hydrogens (tertiary/aromatic N) is 1. The summed E-state index contributed by atoms with van der Waals surface area (Å²) >= 11 is 10.7. The zero-order valence-electron chi connectivity index (χ0n) is 19.7. The van der Waals surface area contributed by atoms with Gasteiger partial charge in [-0.05, 0) is 93.5 Å². The Bertz CT molecular complexity index is 869. The summed E-state index contributed by atoms with van der Waals surface area (Å²) < 4.78 is 1.24. The molecule has 5 aliphatic rings. The number of dihydropyridines is 1. The fourth-order valence-corrected chi connectivity index (χ4v) is 7.76. The van der Waals surface area contributed by atoms with Gasteiger partial charge < -0.3 is 20.9 Å². The number of hydrogen-bond acceptors (Lipinski definition) is 4. The minimum absolute atomic E-state index is 0.0685. The van der Waals surface area contributed by atoms with Crippen molar-refractivity contribution in [3.63, 3.8) is 0 Å². The quantitative estimate of drug-likeness (QED) is 0.446. The molecular formula is C26H38BrClN4. The van der Waals surface area contributed by atoms with Crippen LogP contribution in [0.15, 0.2) is 45.9 Å². The van der Waals surface area contributed by atoms with E-state index in [1.54, 1.807) is 5.57 Å². The maximum atomic E-state index is 6.90. The third-order valence-electron chi connectivity index (χ3n) is 8.80. The SMILES string of the molecule is CC12CC(Cl)CCC1C(C1CCNCC1)C1=C(C=C(Br)CN1)C=C2CN1C=CNC1(C)C. The van der Waals surface area contributed by atoms with Crippen LogP contribution in [0.4, 0.5) is 0 Å². The van der Waals surface area contributed by atoms with Gasteiger partial charge in [-0.25, -0.2) is 0 Å². The molecule has 4 atom stereocenters. The lowest BCUT2D eigenvalue weighted by molar-refractivity contribution is 0.0640. The molecule has 1 saturated carbocycles. The Kier molecular flexibility index (Phi) is 6.22. The topological polar surface area (TPSA) is 39.3 Å². The number of alkyl halides is 1. The molecule has 2 fully saturated rings. The molecule has 3 N–H and O–H groups in total. The lowest BCUT2D eigenvalue weighted by atomic mass is 9.56. The molecule has 0 aromatic carbocycles. The molecule has 3 heterocycles. The highest BCUT2D eigenvalue weighted by Crippen LogP contribution is 2.57. The number of allylic oxidation sites excluding steroid dienone is 4. The number of piperidine rings is 1. The van der Waals surface area contributed by atoms with Crippen molar-refractivity contribution in [2.45, 2.75) is 63.9 Å². The second kappa shape index (κ2) is 8.70. The first-order chi connectivity index (χ1) is 15.3. The summed E-state index contributed by atoms with van der Waals surface area (Å²) in [5, 5.41) is 11.2. The summed E-state index contributed by atoms with van der Waals surface area (Å²) in [5.74, 6) is 1.93. The van der Waals surface area contributed by atoms with Crippen LogP contribution in [0.3, 0.4) is 0 Å². The number of halogens is 2. The number of fused-ring (bicyclic) bond motifs is 1. The van der Waals surface area contributed by atoms with Gasteiger partial charge in [0.2, 0.25) is 0 Å². The van der Waals surface area contributed by atoms with Gasteiger partial charge >= 0.3 is 0 Å². The standard InChI is InChI=1S/C26H38BrClN4/c1-25(2)31-10-11-32(25)16-19-12-18-13-20(27)15-30-24(18)23(17-6-8-29-9-7-17)22-5-4-21(28)14-26(19,22)3/h10-13,17,21-23,29-31H,4-9,14-16H2,1-3H3. The second-order valence-corrected chi connectivity index (χ2v) is 12.8. The number of nitrogens with one attached hydrogen (secondary N) is 3. The molecular weight excluding hydrogens is 484 g/mol. The molecule has 6 heteroatoms. The van der Waals surface area contributed by atoms with Crippen LogP contribution < -0.4 is 16.0 Å². The highest BCUT2D eigenvalue weighted by Gasteiger charge is 2.51. The average Bonchev–Trinajstić information content (AvgIpc) is 3.04. The Morgan fingerprint density at radius 3 is 2.62 bits per heavy atom. The van der Waals surface area contributed by atoms with Gasteiger partial charge in [0.25, 0.3) is 0 Å². The van der Waals surface area contributed by atoms with Gasteiger partial charge in [-0.3, -0.25) is 0 Å². The normalized spacial score (nSPS) is 37.0. The molecule has 0 amide bonds. The molecule has 3 aliphatic heterocycles. The van der Waals surface area contributed by atoms with Crippen molar-refractivity contribution in [3.8, 4) is 0 Å². The third kappa shape index (κ3) is 4.07. The summed E-state index contributed by atoms with van der Waals surface area (Å²) in [5.41, 5.74) is 4.46. The van der Waals surface area contributed by atoms with E-state index in [1.807, 2.05) is 0 Å². The highest BCUT2D eigenvalue weighted by molar-refractivity contribution is 9.11. The molecule has 0 aromatic rings. The van der Waals surface area contributed by atoms with E-state index < -0.39 is 0 Å². The number of hydrogen-bond donors (Lipinski definition) is 3. The lowest BCUT2D eigenvalue weighted by Gasteiger charge is -2.51. The molecule has 4 nitrogen and oxygen atoms in total. The molecule has 5 rings (SSSR count). The molecule has 2 aliphatic carbocycles. The van der Waals surface area contributed by atoms with E-state index in [9.17, 15) is 0 Å². The summed E-state index contributed by atoms with van der Waals surface area (Å²) in [6.07, 6.45) is 15.2. The van der Waals surface area contributed by atoms with Crippen LogP contribution in [0.5, 0.6) is 0 Å². The van der Waals surface area contributed by atoms with Crippen LogP contribution in [0, 0.1) is 23.2 Å². The zero-order valence-corrected chi connectivity index (χ0v) is 22.0. The van der Waals surface area contributed by atoms with Crippen molar-refractivity contribution in [1.29, 1.82) is 0 Å². The Balaban J connectivity index is 1.61. The van der Waals surface area contributed by atoms with Crippen LogP contribution in [-0.4, -0.2) is 42.1 Å². The van der Waals surface area contributed by atoms with Crippen molar-refractivity contribution >= 4 is 27.5 Å². The predicted octanol–water partition coefficient (Wildman–Crippen LogP) is 5.20. The van der Waals surface area contributed by atoms with Crippen molar-refractivity contribution in [1.82, 2.24) is 20.9 Å². The van der Waals surface area contributed by atoms with Crippen LogP contribution in [-0.2, 0) is 0 Å². The van der Waals surface area contributed by atoms with E-state index in [0.717, 1.165) is 44.9 Å².